The van der Waals surface area contributed by atoms with Gasteiger partial charge >= 0.3 is 11.9 Å². The molecular weight excluding hydrogens is 1570 g/mol. The summed E-state index contributed by atoms with van der Waals surface area (Å²) in [5, 5.41) is 2.35. The molecule has 0 saturated carbocycles. The number of hydrogen-bond acceptors (Lipinski definition) is 21. The largest absolute Gasteiger partial charge is 0.460 e. The van der Waals surface area contributed by atoms with E-state index in [2.05, 4.69) is 155 Å². The molecule has 1 spiro atoms. The molecule has 0 bridgehead atoms. The maximum atomic E-state index is 15.2. The summed E-state index contributed by atoms with van der Waals surface area (Å²) >= 11 is 0. The standard InChI is InChI=1S/C100H132O21Si/c1-58(2)122(59(3)4,60(5)6)121-94-64(10)92-88(118-93-63(9)65(11)100(120-98(93)94)52-74(57-108-100)109-66(12)101)49-84-82(117-92)44-61(7)45-86-85(114-84)51-91(110-67(13)102)99(14,119-86)90(105-53-68-28-18-15-19-29-68)50-81-75(103)36-26-27-37-76-77(112-81)40-41-79-78(111-76)42-43-80-83(113-79)48-89-96(116-80)97(107-55-70-32-22-17-23-33-70)95(106-54-69-30-20-16-21-31-69)87(115-89)46-62(8)104-56-71-38-39-72-34-24-25-35-73(72)47-71/h15-35,38-43,47,58-65,74,76-98H,36-37,44-46,48-57H2,1-14H3/b27-26-/t61-,62+,63+,64-,65+,74+,76-,77+,78+,79-,80-,81-,82+,83+,84-,85+,86-,87+,88+,89-,90-,91-,92-,93-,94+,95+,96-,97-,98-,99+,100-/m1/s1. The number of ketones is 1. The molecule has 0 aromatic heterocycles. The Morgan fingerprint density at radius 3 is 1.73 bits per heavy atom. The molecule has 11 aliphatic heterocycles. The molecule has 22 heteroatoms. The van der Waals surface area contributed by atoms with Crippen LogP contribution in [-0.2, 0) is 126 Å². The van der Waals surface area contributed by atoms with Crippen LogP contribution in [0.4, 0.5) is 0 Å². The van der Waals surface area contributed by atoms with E-state index in [1.54, 1.807) is 0 Å². The lowest BCUT2D eigenvalue weighted by molar-refractivity contribution is -0.338. The van der Waals surface area contributed by atoms with E-state index in [4.69, 9.17) is 85.0 Å². The van der Waals surface area contributed by atoms with E-state index in [1.165, 1.54) is 24.6 Å². The van der Waals surface area contributed by atoms with Gasteiger partial charge in [-0.25, -0.2) is 0 Å². The van der Waals surface area contributed by atoms with Crippen molar-refractivity contribution in [1.82, 2.24) is 0 Å². The fourth-order valence-electron chi connectivity index (χ4n) is 22.4. The van der Waals surface area contributed by atoms with Gasteiger partial charge in [-0.3, -0.25) is 14.4 Å². The highest BCUT2D eigenvalue weighted by molar-refractivity contribution is 6.77. The number of carbonyl (C=O) groups is 3. The first-order valence-corrected chi connectivity index (χ1v) is 47.8. The highest BCUT2D eigenvalue weighted by Crippen LogP contribution is 2.55. The SMILES string of the molecule is CC(=O)O[C@@H]1CO[C@]2(C1)O[C@@H]1[C@H](O[C@H]3C[C@H]4O[C@H]5C[C@@H](OC(C)=O)[C@](C)([C@@H](C[C@H]6O[C@H]7C=C[C@H]8O[C@H]9C[C@H]%10O[C@@H](C[C@H](C)OCc%11ccc%12ccccc%12c%11)[C@H](OCc%11ccccc%11)[C@@H](OCc%11ccccc%11)[C@@H]%10O[C@@H]9C=C[C@@H]8O[C@@H]7C/C=C\CC6=O)OCc6ccccc6)O[C@@H]5C[C@H](C)C[C@@H]4O[C@@H]3[C@@H](C)[C@@H]1O[Si](C(C)C)(C(C)C)C(C)C)[C@@H](C)[C@@H]2C. The predicted octanol–water partition coefficient (Wildman–Crippen LogP) is 17.0. The second-order valence-electron chi connectivity index (χ2n) is 38.1. The third-order valence-electron chi connectivity index (χ3n) is 28.8. The van der Waals surface area contributed by atoms with Crippen molar-refractivity contribution >= 4 is 36.8 Å². The molecule has 5 aromatic rings. The van der Waals surface area contributed by atoms with Crippen molar-refractivity contribution < 1.29 is 99.3 Å². The molecule has 21 nitrogen and oxygen atoms in total. The minimum absolute atomic E-state index is 0.0516. The Balaban J connectivity index is 0.643. The fourth-order valence-corrected chi connectivity index (χ4v) is 28.0. The van der Waals surface area contributed by atoms with Crippen LogP contribution in [0.25, 0.3) is 10.8 Å². The van der Waals surface area contributed by atoms with Crippen molar-refractivity contribution in [3.05, 3.63) is 192 Å². The molecule has 662 valence electrons. The number of carbonyl (C=O) groups excluding carboxylic acids is 3. The summed E-state index contributed by atoms with van der Waals surface area (Å²) in [6, 6.07) is 45.2. The lowest BCUT2D eigenvalue weighted by atomic mass is 9.75. The second-order valence-corrected chi connectivity index (χ2v) is 43.5. The first-order chi connectivity index (χ1) is 58.8. The van der Waals surface area contributed by atoms with Gasteiger partial charge in [0.1, 0.15) is 72.7 Å². The Morgan fingerprint density at radius 2 is 1.06 bits per heavy atom. The predicted molar refractivity (Wildman–Crippen MR) is 462 cm³/mol. The topological polar surface area (TPSA) is 217 Å². The third kappa shape index (κ3) is 19.4. The Kier molecular flexibility index (Phi) is 28.3. The Bertz CT molecular complexity index is 4370. The van der Waals surface area contributed by atoms with E-state index in [0.717, 1.165) is 22.3 Å². The van der Waals surface area contributed by atoms with E-state index >= 15 is 4.79 Å². The Morgan fingerprint density at radius 1 is 0.484 bits per heavy atom. The monoisotopic (exact) mass is 1700 g/mol. The van der Waals surface area contributed by atoms with Gasteiger partial charge in [0, 0.05) is 70.6 Å². The molecule has 0 amide bonds. The molecule has 5 aromatic carbocycles. The lowest BCUT2D eigenvalue weighted by Gasteiger charge is -2.54. The third-order valence-corrected chi connectivity index (χ3v) is 34.9. The molecule has 122 heavy (non-hydrogen) atoms. The normalized spacial score (nSPS) is 38.5. The van der Waals surface area contributed by atoms with E-state index < -0.39 is 160 Å². The first-order valence-electron chi connectivity index (χ1n) is 45.6. The van der Waals surface area contributed by atoms with Gasteiger partial charge in [-0.1, -0.05) is 233 Å². The van der Waals surface area contributed by atoms with Gasteiger partial charge in [-0.05, 0) is 101 Å². The van der Waals surface area contributed by atoms with Gasteiger partial charge in [-0.15, -0.1) is 0 Å². The number of esters is 2. The van der Waals surface area contributed by atoms with Crippen molar-refractivity contribution in [2.45, 2.75) is 368 Å². The second kappa shape index (κ2) is 38.8. The highest BCUT2D eigenvalue weighted by atomic mass is 28.4. The molecule has 11 aliphatic rings. The molecule has 8 fully saturated rings. The van der Waals surface area contributed by atoms with Crippen LogP contribution in [0.3, 0.4) is 0 Å². The van der Waals surface area contributed by atoms with Crippen LogP contribution in [0.1, 0.15) is 183 Å². The maximum Gasteiger partial charge on any atom is 0.303 e. The van der Waals surface area contributed by atoms with Crippen molar-refractivity contribution in [3.63, 3.8) is 0 Å². The smallest absolute Gasteiger partial charge is 0.303 e. The van der Waals surface area contributed by atoms with Crippen LogP contribution < -0.4 is 0 Å². The summed E-state index contributed by atoms with van der Waals surface area (Å²) in [6.45, 7) is 31.3. The number of rotatable bonds is 24. The Hall–Kier alpha value is -6.23. The van der Waals surface area contributed by atoms with Crippen LogP contribution >= 0.6 is 0 Å². The molecule has 31 atom stereocenters. The lowest BCUT2D eigenvalue weighted by Crippen LogP contribution is -2.65. The molecule has 0 N–H and O–H groups in total. The molecule has 8 saturated heterocycles. The average Bonchev–Trinajstić information content (AvgIpc) is 1.58. The Labute approximate surface area is 722 Å². The zero-order valence-electron chi connectivity index (χ0n) is 73.8. The summed E-state index contributed by atoms with van der Waals surface area (Å²) in [4.78, 5) is 41.5. The van der Waals surface area contributed by atoms with Gasteiger partial charge in [0.15, 0.2) is 11.6 Å². The molecule has 16 rings (SSSR count). The number of benzene rings is 5. The van der Waals surface area contributed by atoms with Crippen molar-refractivity contribution in [3.8, 4) is 0 Å². The summed E-state index contributed by atoms with van der Waals surface area (Å²) in [7, 11) is -2.60. The van der Waals surface area contributed by atoms with Crippen molar-refractivity contribution in [1.29, 1.82) is 0 Å². The minimum Gasteiger partial charge on any atom is -0.460 e. The quantitative estimate of drug-likeness (QED) is 0.0319. The fraction of sp³-hybridized carbons (Fsp3) is 0.630. The van der Waals surface area contributed by atoms with Gasteiger partial charge in [0.25, 0.3) is 0 Å². The van der Waals surface area contributed by atoms with Crippen molar-refractivity contribution in [2.24, 2.45) is 23.7 Å². The van der Waals surface area contributed by atoms with E-state index in [1.807, 2.05) is 98.0 Å². The van der Waals surface area contributed by atoms with Crippen LogP contribution in [0, 0.1) is 23.7 Å². The number of allylic oxidation sites excluding steroid dienone is 1. The zero-order valence-corrected chi connectivity index (χ0v) is 74.8. The van der Waals surface area contributed by atoms with Crippen LogP contribution in [0.2, 0.25) is 16.6 Å². The number of hydrogen-bond donors (Lipinski definition) is 0. The van der Waals surface area contributed by atoms with E-state index in [-0.39, 0.29) is 103 Å². The van der Waals surface area contributed by atoms with Crippen LogP contribution in [0.15, 0.2) is 170 Å². The summed E-state index contributed by atoms with van der Waals surface area (Å²) in [6.07, 6.45) is 2.83. The first kappa shape index (κ1) is 89.2. The molecule has 0 radical (unpaired) electrons. The molecular formula is C100H132O21Si. The van der Waals surface area contributed by atoms with Gasteiger partial charge in [0.05, 0.1) is 118 Å². The van der Waals surface area contributed by atoms with Crippen molar-refractivity contribution in [2.75, 3.05) is 6.61 Å². The summed E-state index contributed by atoms with van der Waals surface area (Å²) in [5.74, 6) is -2.32. The number of Topliss-reactive ketones (excluding diaryl/α,β-unsaturated/α-hetero) is 1. The molecule has 0 aliphatic carbocycles. The maximum absolute atomic E-state index is 15.2. The van der Waals surface area contributed by atoms with Gasteiger partial charge < -0.3 is 85.0 Å². The van der Waals surface area contributed by atoms with Gasteiger partial charge in [-0.2, -0.15) is 0 Å². The molecule has 0 unspecified atom stereocenters. The number of ether oxygens (including phenoxy) is 17. The highest BCUT2D eigenvalue weighted by Gasteiger charge is 2.65. The summed E-state index contributed by atoms with van der Waals surface area (Å²) in [5.41, 5.74) is 3.59. The van der Waals surface area contributed by atoms with Crippen LogP contribution in [-0.4, -0.2) is 197 Å². The number of fused-ring (bicyclic) bond motifs is 9. The minimum atomic E-state index is -2.60. The summed E-state index contributed by atoms with van der Waals surface area (Å²) < 4.78 is 130. The van der Waals surface area contributed by atoms with Crippen LogP contribution in [0.5, 0.6) is 0 Å². The average molecular weight is 1700 g/mol. The molecule has 11 heterocycles. The van der Waals surface area contributed by atoms with Gasteiger partial charge in [0.2, 0.25) is 8.32 Å². The van der Waals surface area contributed by atoms with E-state index in [9.17, 15) is 9.59 Å². The zero-order chi connectivity index (χ0) is 85.3. The van der Waals surface area contributed by atoms with E-state index in [0.29, 0.717) is 64.8 Å².